The number of nitrogens with zero attached hydrogens (tertiary/aromatic N) is 1. The summed E-state index contributed by atoms with van der Waals surface area (Å²) in [6.45, 7) is 0. The van der Waals surface area contributed by atoms with Crippen molar-refractivity contribution in [1.82, 2.24) is 4.98 Å². The first kappa shape index (κ1) is 13.9. The second-order valence-corrected chi connectivity index (χ2v) is 5.37. The van der Waals surface area contributed by atoms with Gasteiger partial charge < -0.3 is 4.18 Å². The number of fused-ring (bicyclic) bond motifs is 1. The van der Waals surface area contributed by atoms with Crippen molar-refractivity contribution >= 4 is 32.6 Å². The monoisotopic (exact) mass is 311 g/mol. The molecule has 0 amide bonds. The van der Waals surface area contributed by atoms with Crippen molar-refractivity contribution in [2.45, 2.75) is 5.51 Å². The molecule has 4 nitrogen and oxygen atoms in total. The molecule has 102 valence electrons. The molecule has 0 fully saturated rings. The molecular weight excluding hydrogens is 307 g/mol. The average Bonchev–Trinajstić information content (AvgIpc) is 2.32. The molecule has 0 spiro atoms. The maximum Gasteiger partial charge on any atom is 0.534 e. The second-order valence-electron chi connectivity index (χ2n) is 3.43. The third-order valence-electron chi connectivity index (χ3n) is 2.16. The van der Waals surface area contributed by atoms with Crippen molar-refractivity contribution in [1.29, 1.82) is 0 Å². The maximum absolute atomic E-state index is 12.2. The van der Waals surface area contributed by atoms with E-state index in [1.54, 1.807) is 0 Å². The molecule has 1 aromatic heterocycles. The smallest absolute Gasteiger partial charge is 0.374 e. The Hall–Kier alpha value is -1.54. The average molecular weight is 312 g/mol. The largest absolute Gasteiger partial charge is 0.534 e. The predicted molar refractivity (Wildman–Crippen MR) is 62.4 cm³/mol. The highest BCUT2D eigenvalue weighted by Crippen LogP contribution is 2.33. The Morgan fingerprint density at radius 1 is 1.21 bits per heavy atom. The molecule has 0 aliphatic heterocycles. The molecule has 0 bridgehead atoms. The van der Waals surface area contributed by atoms with E-state index in [9.17, 15) is 21.6 Å². The van der Waals surface area contributed by atoms with Crippen molar-refractivity contribution in [2.24, 2.45) is 0 Å². The molecular formula is C10H5ClF3NO3S. The van der Waals surface area contributed by atoms with Crippen molar-refractivity contribution in [3.63, 3.8) is 0 Å². The molecule has 0 radical (unpaired) electrons. The van der Waals surface area contributed by atoms with E-state index >= 15 is 0 Å². The minimum absolute atomic E-state index is 0.0668. The van der Waals surface area contributed by atoms with Gasteiger partial charge in [-0.25, -0.2) is 0 Å². The number of halogens is 4. The molecule has 9 heteroatoms. The number of rotatable bonds is 2. The van der Waals surface area contributed by atoms with Gasteiger partial charge in [0, 0.05) is 11.6 Å². The number of hydrogen-bond acceptors (Lipinski definition) is 4. The van der Waals surface area contributed by atoms with Crippen LogP contribution in [0, 0.1) is 0 Å². The number of alkyl halides is 3. The van der Waals surface area contributed by atoms with E-state index in [-0.39, 0.29) is 10.5 Å². The zero-order chi connectivity index (χ0) is 14.3. The summed E-state index contributed by atoms with van der Waals surface area (Å²) in [5, 5.41) is 0.513. The lowest BCUT2D eigenvalue weighted by molar-refractivity contribution is -0.0499. The fourth-order valence-electron chi connectivity index (χ4n) is 1.34. The minimum atomic E-state index is -5.74. The van der Waals surface area contributed by atoms with E-state index in [2.05, 4.69) is 9.17 Å². The molecule has 1 heterocycles. The molecule has 19 heavy (non-hydrogen) atoms. The number of hydrogen-bond donors (Lipinski definition) is 0. The van der Waals surface area contributed by atoms with Gasteiger partial charge in [0.2, 0.25) is 0 Å². The Balaban J connectivity index is 2.57. The van der Waals surface area contributed by atoms with E-state index in [1.807, 2.05) is 0 Å². The zero-order valence-corrected chi connectivity index (χ0v) is 10.6. The topological polar surface area (TPSA) is 56.3 Å². The standard InChI is InChI=1S/C10H5ClF3NO3S/c11-7-3-4-8(9-6(7)2-1-5-15-9)18-19(16,17)10(12,13)14/h1-5H. The van der Waals surface area contributed by atoms with Crippen LogP contribution in [0.1, 0.15) is 0 Å². The van der Waals surface area contributed by atoms with Crippen molar-refractivity contribution in [2.75, 3.05) is 0 Å². The minimum Gasteiger partial charge on any atom is -0.374 e. The normalized spacial score (nSPS) is 12.6. The Bertz CT molecular complexity index is 730. The van der Waals surface area contributed by atoms with Crippen LogP contribution in [0.25, 0.3) is 10.9 Å². The molecule has 0 unspecified atom stereocenters. The van der Waals surface area contributed by atoms with Gasteiger partial charge in [0.05, 0.1) is 5.02 Å². The van der Waals surface area contributed by atoms with Gasteiger partial charge in [0.1, 0.15) is 5.52 Å². The van der Waals surface area contributed by atoms with Crippen LogP contribution in [0.15, 0.2) is 30.5 Å². The van der Waals surface area contributed by atoms with Gasteiger partial charge in [0.15, 0.2) is 5.75 Å². The number of pyridine rings is 1. The van der Waals surface area contributed by atoms with Gasteiger partial charge in [-0.2, -0.15) is 21.6 Å². The summed E-state index contributed by atoms with van der Waals surface area (Å²) in [4.78, 5) is 3.77. The van der Waals surface area contributed by atoms with Crippen LogP contribution < -0.4 is 4.18 Å². The Kier molecular flexibility index (Phi) is 3.31. The van der Waals surface area contributed by atoms with E-state index in [0.717, 1.165) is 6.07 Å². The molecule has 0 saturated carbocycles. The van der Waals surface area contributed by atoms with Crippen molar-refractivity contribution in [3.8, 4) is 5.75 Å². The first-order chi connectivity index (χ1) is 8.72. The van der Waals surface area contributed by atoms with Gasteiger partial charge in [-0.1, -0.05) is 11.6 Å². The molecule has 0 aliphatic rings. The maximum atomic E-state index is 12.2. The van der Waals surface area contributed by atoms with Crippen LogP contribution in [0.4, 0.5) is 13.2 Å². The first-order valence-electron chi connectivity index (χ1n) is 4.76. The lowest BCUT2D eigenvalue weighted by Crippen LogP contribution is -2.28. The highest BCUT2D eigenvalue weighted by molar-refractivity contribution is 7.88. The van der Waals surface area contributed by atoms with Gasteiger partial charge in [-0.3, -0.25) is 4.98 Å². The Morgan fingerprint density at radius 2 is 1.89 bits per heavy atom. The second kappa shape index (κ2) is 4.53. The SMILES string of the molecule is O=S(=O)(Oc1ccc(Cl)c2cccnc12)C(F)(F)F. The van der Waals surface area contributed by atoms with Gasteiger partial charge in [-0.15, -0.1) is 0 Å². The molecule has 0 atom stereocenters. The van der Waals surface area contributed by atoms with Crippen molar-refractivity contribution in [3.05, 3.63) is 35.5 Å². The number of benzene rings is 1. The van der Waals surface area contributed by atoms with Crippen LogP contribution in [-0.2, 0) is 10.1 Å². The molecule has 0 N–H and O–H groups in total. The summed E-state index contributed by atoms with van der Waals surface area (Å²) in [6, 6.07) is 5.24. The zero-order valence-electron chi connectivity index (χ0n) is 8.98. The van der Waals surface area contributed by atoms with Gasteiger partial charge >= 0.3 is 15.6 Å². The summed E-state index contributed by atoms with van der Waals surface area (Å²) in [5.74, 6) is -0.530. The highest BCUT2D eigenvalue weighted by Gasteiger charge is 2.48. The summed E-state index contributed by atoms with van der Waals surface area (Å²) in [6.07, 6.45) is 1.28. The summed E-state index contributed by atoms with van der Waals surface area (Å²) in [5.41, 5.74) is -5.57. The van der Waals surface area contributed by atoms with Crippen LogP contribution in [0.5, 0.6) is 5.75 Å². The Labute approximate surface area is 110 Å². The summed E-state index contributed by atoms with van der Waals surface area (Å²) < 4.78 is 62.7. The molecule has 1 aromatic carbocycles. The lowest BCUT2D eigenvalue weighted by Gasteiger charge is -2.11. The molecule has 2 rings (SSSR count). The molecule has 0 saturated heterocycles. The van der Waals surface area contributed by atoms with E-state index < -0.39 is 21.4 Å². The highest BCUT2D eigenvalue weighted by atomic mass is 35.5. The van der Waals surface area contributed by atoms with Gasteiger partial charge in [0.25, 0.3) is 0 Å². The van der Waals surface area contributed by atoms with Crippen LogP contribution in [-0.4, -0.2) is 18.9 Å². The number of aromatic nitrogens is 1. The van der Waals surface area contributed by atoms with Crippen LogP contribution in [0.2, 0.25) is 5.02 Å². The fourth-order valence-corrected chi connectivity index (χ4v) is 2.03. The van der Waals surface area contributed by atoms with E-state index in [0.29, 0.717) is 5.39 Å². The van der Waals surface area contributed by atoms with Crippen LogP contribution in [0.3, 0.4) is 0 Å². The van der Waals surface area contributed by atoms with Crippen LogP contribution >= 0.6 is 11.6 Å². The predicted octanol–water partition coefficient (Wildman–Crippen LogP) is 3.12. The van der Waals surface area contributed by atoms with E-state index in [4.69, 9.17) is 11.6 Å². The summed E-state index contributed by atoms with van der Waals surface area (Å²) >= 11 is 5.82. The third-order valence-corrected chi connectivity index (χ3v) is 3.46. The lowest BCUT2D eigenvalue weighted by atomic mass is 10.2. The summed E-state index contributed by atoms with van der Waals surface area (Å²) in [7, 11) is -5.74. The quantitative estimate of drug-likeness (QED) is 0.631. The fraction of sp³-hybridized carbons (Fsp3) is 0.100. The molecule has 2 aromatic rings. The van der Waals surface area contributed by atoms with Crippen molar-refractivity contribution < 1.29 is 25.8 Å². The Morgan fingerprint density at radius 3 is 2.53 bits per heavy atom. The molecule has 0 aliphatic carbocycles. The van der Waals surface area contributed by atoms with Gasteiger partial charge in [-0.05, 0) is 24.3 Å². The first-order valence-corrected chi connectivity index (χ1v) is 6.55. The van der Waals surface area contributed by atoms with E-state index in [1.165, 1.54) is 24.4 Å². The third kappa shape index (κ3) is 2.59.